The van der Waals surface area contributed by atoms with Crippen molar-refractivity contribution in [2.24, 2.45) is 0 Å². The van der Waals surface area contributed by atoms with E-state index in [2.05, 4.69) is 16.6 Å². The summed E-state index contributed by atoms with van der Waals surface area (Å²) in [5.41, 5.74) is 7.55. The molecule has 1 rings (SSSR count). The van der Waals surface area contributed by atoms with Crippen LogP contribution >= 0.6 is 0 Å². The van der Waals surface area contributed by atoms with E-state index in [1.807, 2.05) is 24.3 Å². The molecule has 0 fully saturated rings. The predicted octanol–water partition coefficient (Wildman–Crippen LogP) is 2.05. The highest BCUT2D eigenvalue weighted by Gasteiger charge is 2.08. The van der Waals surface area contributed by atoms with Gasteiger partial charge >= 0.3 is 5.97 Å². The molecule has 4 heteroatoms. The Morgan fingerprint density at radius 2 is 2.18 bits per heavy atom. The van der Waals surface area contributed by atoms with Gasteiger partial charge in [0.25, 0.3) is 0 Å². The highest BCUT2D eigenvalue weighted by molar-refractivity contribution is 5.70. The van der Waals surface area contributed by atoms with Gasteiger partial charge in [-0.1, -0.05) is 13.0 Å². The third-order valence-electron chi connectivity index (χ3n) is 2.54. The van der Waals surface area contributed by atoms with E-state index < -0.39 is 0 Å². The maximum absolute atomic E-state index is 11.1. The molecule has 17 heavy (non-hydrogen) atoms. The number of hydrogen-bond acceptors (Lipinski definition) is 4. The predicted molar refractivity (Wildman–Crippen MR) is 70.0 cm³/mol. The second kappa shape index (κ2) is 6.78. The normalized spacial score (nSPS) is 10.0. The first-order valence-electron chi connectivity index (χ1n) is 5.84. The van der Waals surface area contributed by atoms with Gasteiger partial charge in [-0.15, -0.1) is 0 Å². The Kier molecular flexibility index (Phi) is 5.33. The molecule has 0 bridgehead atoms. The fraction of sp³-hybridized carbons (Fsp3) is 0.462. The highest BCUT2D eigenvalue weighted by Crippen LogP contribution is 2.18. The van der Waals surface area contributed by atoms with E-state index in [4.69, 9.17) is 5.73 Å². The number of nitrogens with two attached hydrogens (primary N) is 1. The summed E-state index contributed by atoms with van der Waals surface area (Å²) in [5, 5.41) is 0. The zero-order valence-electron chi connectivity index (χ0n) is 10.5. The summed E-state index contributed by atoms with van der Waals surface area (Å²) < 4.78 is 4.65. The van der Waals surface area contributed by atoms with Crippen molar-refractivity contribution in [1.29, 1.82) is 0 Å². The van der Waals surface area contributed by atoms with Gasteiger partial charge < -0.3 is 15.4 Å². The molecule has 1 aromatic carbocycles. The number of nitrogen functional groups attached to an aromatic ring is 1. The number of benzene rings is 1. The molecule has 0 aliphatic rings. The molecule has 2 N–H and O–H groups in total. The van der Waals surface area contributed by atoms with E-state index in [1.54, 1.807) is 0 Å². The summed E-state index contributed by atoms with van der Waals surface area (Å²) in [4.78, 5) is 13.3. The van der Waals surface area contributed by atoms with Crippen molar-refractivity contribution in [3.05, 3.63) is 24.3 Å². The van der Waals surface area contributed by atoms with Crippen molar-refractivity contribution < 1.29 is 9.53 Å². The third-order valence-corrected chi connectivity index (χ3v) is 2.54. The standard InChI is InChI=1S/C13H20N2O2/c1-3-8-15(9-7-13(16)17-2)12-6-4-5-11(14)10-12/h4-6,10H,3,7-9,14H2,1-2H3. The lowest BCUT2D eigenvalue weighted by Gasteiger charge is -2.24. The molecule has 0 atom stereocenters. The maximum Gasteiger partial charge on any atom is 0.307 e. The lowest BCUT2D eigenvalue weighted by atomic mass is 10.2. The van der Waals surface area contributed by atoms with Crippen LogP contribution in [-0.4, -0.2) is 26.2 Å². The van der Waals surface area contributed by atoms with E-state index in [1.165, 1.54) is 7.11 Å². The molecular weight excluding hydrogens is 216 g/mol. The maximum atomic E-state index is 11.1. The monoisotopic (exact) mass is 236 g/mol. The molecule has 0 amide bonds. The fourth-order valence-electron chi connectivity index (χ4n) is 1.69. The molecule has 0 saturated heterocycles. The number of ether oxygens (including phenoxy) is 1. The second-order valence-corrected chi connectivity index (χ2v) is 3.91. The second-order valence-electron chi connectivity index (χ2n) is 3.91. The van der Waals surface area contributed by atoms with Crippen molar-refractivity contribution in [3.8, 4) is 0 Å². The zero-order valence-corrected chi connectivity index (χ0v) is 10.5. The van der Waals surface area contributed by atoms with Crippen LogP contribution in [0, 0.1) is 0 Å². The SMILES string of the molecule is CCCN(CCC(=O)OC)c1cccc(N)c1. The average molecular weight is 236 g/mol. The van der Waals surface area contributed by atoms with Crippen LogP contribution in [0.15, 0.2) is 24.3 Å². The van der Waals surface area contributed by atoms with Crippen molar-refractivity contribution in [2.45, 2.75) is 19.8 Å². The first-order valence-corrected chi connectivity index (χ1v) is 5.84. The van der Waals surface area contributed by atoms with Crippen LogP contribution in [0.25, 0.3) is 0 Å². The zero-order chi connectivity index (χ0) is 12.7. The molecule has 94 valence electrons. The first kappa shape index (κ1) is 13.4. The Morgan fingerprint density at radius 1 is 1.41 bits per heavy atom. The van der Waals surface area contributed by atoms with Crippen LogP contribution in [0.3, 0.4) is 0 Å². The molecule has 0 aliphatic carbocycles. The number of carbonyl (C=O) groups excluding carboxylic acids is 1. The summed E-state index contributed by atoms with van der Waals surface area (Å²) in [7, 11) is 1.41. The van der Waals surface area contributed by atoms with Gasteiger partial charge in [0, 0.05) is 24.5 Å². The van der Waals surface area contributed by atoms with Gasteiger partial charge in [0.1, 0.15) is 0 Å². The van der Waals surface area contributed by atoms with Crippen molar-refractivity contribution in [3.63, 3.8) is 0 Å². The van der Waals surface area contributed by atoms with Crippen LogP contribution in [-0.2, 0) is 9.53 Å². The van der Waals surface area contributed by atoms with Gasteiger partial charge in [0.15, 0.2) is 0 Å². The van der Waals surface area contributed by atoms with Crippen LogP contribution < -0.4 is 10.6 Å². The molecule has 0 saturated carbocycles. The van der Waals surface area contributed by atoms with Crippen molar-refractivity contribution in [2.75, 3.05) is 30.8 Å². The summed E-state index contributed by atoms with van der Waals surface area (Å²) in [6.45, 7) is 3.67. The summed E-state index contributed by atoms with van der Waals surface area (Å²) in [6.07, 6.45) is 1.42. The van der Waals surface area contributed by atoms with Crippen LogP contribution in [0.5, 0.6) is 0 Å². The minimum atomic E-state index is -0.185. The molecule has 0 unspecified atom stereocenters. The van der Waals surface area contributed by atoms with E-state index in [-0.39, 0.29) is 5.97 Å². The smallest absolute Gasteiger partial charge is 0.307 e. The topological polar surface area (TPSA) is 55.6 Å². The van der Waals surface area contributed by atoms with Gasteiger partial charge in [0.05, 0.1) is 13.5 Å². The Labute approximate surface area is 102 Å². The summed E-state index contributed by atoms with van der Waals surface area (Å²) in [6, 6.07) is 7.70. The molecule has 0 heterocycles. The average Bonchev–Trinajstić information content (AvgIpc) is 2.34. The Morgan fingerprint density at radius 3 is 2.76 bits per heavy atom. The van der Waals surface area contributed by atoms with E-state index in [9.17, 15) is 4.79 Å². The Balaban J connectivity index is 2.68. The van der Waals surface area contributed by atoms with Crippen molar-refractivity contribution in [1.82, 2.24) is 0 Å². The van der Waals surface area contributed by atoms with E-state index in [0.29, 0.717) is 13.0 Å². The number of rotatable bonds is 6. The quantitative estimate of drug-likeness (QED) is 0.606. The summed E-state index contributed by atoms with van der Waals surface area (Å²) in [5.74, 6) is -0.185. The number of hydrogen-bond donors (Lipinski definition) is 1. The minimum Gasteiger partial charge on any atom is -0.469 e. The van der Waals surface area contributed by atoms with Crippen LogP contribution in [0.4, 0.5) is 11.4 Å². The number of carbonyl (C=O) groups is 1. The number of anilines is 2. The molecule has 0 aromatic heterocycles. The summed E-state index contributed by atoms with van der Waals surface area (Å²) >= 11 is 0. The number of esters is 1. The van der Waals surface area contributed by atoms with Gasteiger partial charge in [-0.05, 0) is 24.6 Å². The van der Waals surface area contributed by atoms with Gasteiger partial charge in [-0.3, -0.25) is 4.79 Å². The van der Waals surface area contributed by atoms with Crippen LogP contribution in [0.1, 0.15) is 19.8 Å². The lowest BCUT2D eigenvalue weighted by molar-refractivity contribution is -0.140. The van der Waals surface area contributed by atoms with Gasteiger partial charge in [-0.2, -0.15) is 0 Å². The first-order chi connectivity index (χ1) is 8.17. The van der Waals surface area contributed by atoms with E-state index >= 15 is 0 Å². The third kappa shape index (κ3) is 4.34. The molecule has 4 nitrogen and oxygen atoms in total. The number of nitrogens with zero attached hydrogens (tertiary/aromatic N) is 1. The molecular formula is C13H20N2O2. The molecule has 1 aromatic rings. The Hall–Kier alpha value is -1.71. The lowest BCUT2D eigenvalue weighted by Crippen LogP contribution is -2.27. The highest BCUT2D eigenvalue weighted by atomic mass is 16.5. The minimum absolute atomic E-state index is 0.185. The van der Waals surface area contributed by atoms with Crippen LogP contribution in [0.2, 0.25) is 0 Å². The van der Waals surface area contributed by atoms with Gasteiger partial charge in [-0.25, -0.2) is 0 Å². The molecule has 0 aliphatic heterocycles. The fourth-order valence-corrected chi connectivity index (χ4v) is 1.69. The molecule has 0 radical (unpaired) electrons. The Bertz CT molecular complexity index is 366. The number of methoxy groups -OCH3 is 1. The van der Waals surface area contributed by atoms with Crippen molar-refractivity contribution >= 4 is 17.3 Å². The largest absolute Gasteiger partial charge is 0.469 e. The molecule has 0 spiro atoms. The van der Waals surface area contributed by atoms with E-state index in [0.717, 1.165) is 24.3 Å². The van der Waals surface area contributed by atoms with Gasteiger partial charge in [0.2, 0.25) is 0 Å².